The molecule has 1 saturated carbocycles. The highest BCUT2D eigenvalue weighted by atomic mass is 16.3. The molecule has 3 rings (SSSR count). The molecule has 0 amide bonds. The Morgan fingerprint density at radius 2 is 1.70 bits per heavy atom. The molecule has 0 atom stereocenters. The predicted octanol–water partition coefficient (Wildman–Crippen LogP) is 3.67. The number of benzene rings is 1. The minimum Gasteiger partial charge on any atom is -0.400 e. The summed E-state index contributed by atoms with van der Waals surface area (Å²) in [4.78, 5) is 8.82. The van der Waals surface area contributed by atoms with Crippen LogP contribution in [-0.2, 0) is 6.42 Å². The highest BCUT2D eigenvalue weighted by Crippen LogP contribution is 2.28. The first-order valence-electron chi connectivity index (χ1n) is 8.55. The highest BCUT2D eigenvalue weighted by molar-refractivity contribution is 5.81. The largest absolute Gasteiger partial charge is 0.400 e. The normalized spacial score (nSPS) is 20.1. The fourth-order valence-electron chi connectivity index (χ4n) is 3.01. The first kappa shape index (κ1) is 19.5. The van der Waals surface area contributed by atoms with Gasteiger partial charge >= 0.3 is 0 Å². The SMILES string of the molecule is CC.CO.Cc1ccc2ncnc(CC3CCC(O)CC3)c2c1. The fraction of sp³-hybridized carbons (Fsp3) is 0.579. The topological polar surface area (TPSA) is 66.2 Å². The van der Waals surface area contributed by atoms with E-state index in [2.05, 4.69) is 35.1 Å². The summed E-state index contributed by atoms with van der Waals surface area (Å²) in [5.74, 6) is 0.655. The van der Waals surface area contributed by atoms with Gasteiger partial charge in [0.2, 0.25) is 0 Å². The molecule has 0 spiro atoms. The van der Waals surface area contributed by atoms with Crippen molar-refractivity contribution in [3.8, 4) is 0 Å². The lowest BCUT2D eigenvalue weighted by atomic mass is 9.84. The second-order valence-electron chi connectivity index (χ2n) is 5.72. The molecular weight excluding hydrogens is 288 g/mol. The maximum absolute atomic E-state index is 9.58. The standard InChI is InChI=1S/C16H20N2O.C2H6.CH4O/c1-11-2-7-15-14(8-11)16(18-10-17-15)9-12-3-5-13(19)6-4-12;2*1-2/h2,7-8,10,12-13,19H,3-6,9H2,1H3;1-2H3;2H,1H3. The molecule has 0 bridgehead atoms. The first-order chi connectivity index (χ1) is 11.2. The molecule has 1 heterocycles. The Kier molecular flexibility index (Phi) is 8.74. The molecule has 2 N–H and O–H groups in total. The van der Waals surface area contributed by atoms with Gasteiger partial charge in [0.25, 0.3) is 0 Å². The van der Waals surface area contributed by atoms with Gasteiger partial charge in [-0.1, -0.05) is 25.5 Å². The van der Waals surface area contributed by atoms with Crippen molar-refractivity contribution in [3.05, 3.63) is 35.8 Å². The Labute approximate surface area is 139 Å². The number of fused-ring (bicyclic) bond motifs is 1. The molecule has 4 nitrogen and oxygen atoms in total. The van der Waals surface area contributed by atoms with Gasteiger partial charge < -0.3 is 10.2 Å². The Morgan fingerprint density at radius 1 is 1.04 bits per heavy atom. The molecule has 1 aromatic heterocycles. The third-order valence-corrected chi connectivity index (χ3v) is 4.17. The van der Waals surface area contributed by atoms with Crippen LogP contribution in [0, 0.1) is 12.8 Å². The average Bonchev–Trinajstić information content (AvgIpc) is 2.61. The van der Waals surface area contributed by atoms with Gasteiger partial charge in [0.1, 0.15) is 6.33 Å². The number of aryl methyl sites for hydroxylation is 1. The summed E-state index contributed by atoms with van der Waals surface area (Å²) in [7, 11) is 1.00. The van der Waals surface area contributed by atoms with Crippen LogP contribution in [0.5, 0.6) is 0 Å². The number of rotatable bonds is 2. The lowest BCUT2D eigenvalue weighted by Gasteiger charge is -2.25. The molecule has 1 aliphatic carbocycles. The molecule has 0 unspecified atom stereocenters. The van der Waals surface area contributed by atoms with E-state index in [-0.39, 0.29) is 6.10 Å². The molecule has 23 heavy (non-hydrogen) atoms. The monoisotopic (exact) mass is 318 g/mol. The van der Waals surface area contributed by atoms with E-state index in [4.69, 9.17) is 5.11 Å². The van der Waals surface area contributed by atoms with Gasteiger partial charge in [0, 0.05) is 12.5 Å². The van der Waals surface area contributed by atoms with E-state index in [0.717, 1.165) is 50.4 Å². The van der Waals surface area contributed by atoms with E-state index in [1.165, 1.54) is 10.9 Å². The van der Waals surface area contributed by atoms with E-state index >= 15 is 0 Å². The molecule has 1 aliphatic rings. The number of nitrogens with zero attached hydrogens (tertiary/aromatic N) is 2. The maximum Gasteiger partial charge on any atom is 0.116 e. The Balaban J connectivity index is 0.000000615. The van der Waals surface area contributed by atoms with E-state index < -0.39 is 0 Å². The van der Waals surface area contributed by atoms with E-state index in [9.17, 15) is 5.11 Å². The summed E-state index contributed by atoms with van der Waals surface area (Å²) in [5.41, 5.74) is 3.45. The van der Waals surface area contributed by atoms with Gasteiger partial charge in [0.15, 0.2) is 0 Å². The van der Waals surface area contributed by atoms with Crippen LogP contribution >= 0.6 is 0 Å². The first-order valence-corrected chi connectivity index (χ1v) is 8.55. The number of aliphatic hydroxyl groups is 2. The smallest absolute Gasteiger partial charge is 0.116 e. The Hall–Kier alpha value is -1.52. The third-order valence-electron chi connectivity index (χ3n) is 4.17. The van der Waals surface area contributed by atoms with E-state index in [1.807, 2.05) is 13.8 Å². The zero-order chi connectivity index (χ0) is 17.2. The predicted molar refractivity (Wildman–Crippen MR) is 95.4 cm³/mol. The highest BCUT2D eigenvalue weighted by Gasteiger charge is 2.20. The fourth-order valence-corrected chi connectivity index (χ4v) is 3.01. The van der Waals surface area contributed by atoms with Crippen molar-refractivity contribution >= 4 is 10.9 Å². The molecule has 1 fully saturated rings. The minimum atomic E-state index is -0.0827. The van der Waals surface area contributed by atoms with Crippen molar-refractivity contribution in [3.63, 3.8) is 0 Å². The Bertz CT molecular complexity index is 579. The number of aromatic nitrogens is 2. The summed E-state index contributed by atoms with van der Waals surface area (Å²) < 4.78 is 0. The van der Waals surface area contributed by atoms with Crippen molar-refractivity contribution < 1.29 is 10.2 Å². The van der Waals surface area contributed by atoms with Crippen LogP contribution in [0.15, 0.2) is 24.5 Å². The molecule has 0 radical (unpaired) electrons. The summed E-state index contributed by atoms with van der Waals surface area (Å²) >= 11 is 0. The van der Waals surface area contributed by atoms with Crippen LogP contribution in [0.1, 0.15) is 50.8 Å². The quantitative estimate of drug-likeness (QED) is 0.886. The van der Waals surface area contributed by atoms with Crippen molar-refractivity contribution in [2.75, 3.05) is 7.11 Å². The van der Waals surface area contributed by atoms with Crippen LogP contribution in [0.3, 0.4) is 0 Å². The molecule has 0 aliphatic heterocycles. The van der Waals surface area contributed by atoms with Gasteiger partial charge in [-0.25, -0.2) is 9.97 Å². The third kappa shape index (κ3) is 5.56. The summed E-state index contributed by atoms with van der Waals surface area (Å²) in [6.45, 7) is 6.10. The Morgan fingerprint density at radius 3 is 2.35 bits per heavy atom. The van der Waals surface area contributed by atoms with Crippen LogP contribution in [0.25, 0.3) is 10.9 Å². The second kappa shape index (κ2) is 10.3. The van der Waals surface area contributed by atoms with Crippen molar-refractivity contribution in [1.82, 2.24) is 9.97 Å². The molecule has 4 heteroatoms. The molecule has 0 saturated heterocycles. The maximum atomic E-state index is 9.58. The van der Waals surface area contributed by atoms with Crippen LogP contribution in [0.4, 0.5) is 0 Å². The van der Waals surface area contributed by atoms with Gasteiger partial charge in [-0.2, -0.15) is 0 Å². The summed E-state index contributed by atoms with van der Waals surface area (Å²) in [5, 5.41) is 17.8. The van der Waals surface area contributed by atoms with E-state index in [0.29, 0.717) is 5.92 Å². The zero-order valence-electron chi connectivity index (χ0n) is 14.8. The lowest BCUT2D eigenvalue weighted by molar-refractivity contribution is 0.108. The van der Waals surface area contributed by atoms with Gasteiger partial charge in [-0.3, -0.25) is 0 Å². The summed E-state index contributed by atoms with van der Waals surface area (Å²) in [6, 6.07) is 6.35. The van der Waals surface area contributed by atoms with Gasteiger partial charge in [-0.05, 0) is 57.1 Å². The van der Waals surface area contributed by atoms with Crippen LogP contribution < -0.4 is 0 Å². The zero-order valence-corrected chi connectivity index (χ0v) is 14.8. The van der Waals surface area contributed by atoms with Gasteiger partial charge in [0.05, 0.1) is 17.3 Å². The second-order valence-corrected chi connectivity index (χ2v) is 5.72. The molecule has 2 aromatic rings. The number of hydrogen-bond acceptors (Lipinski definition) is 4. The van der Waals surface area contributed by atoms with Crippen molar-refractivity contribution in [1.29, 1.82) is 0 Å². The van der Waals surface area contributed by atoms with Crippen molar-refractivity contribution in [2.45, 2.75) is 59.0 Å². The summed E-state index contributed by atoms with van der Waals surface area (Å²) in [6.07, 6.45) is 6.69. The van der Waals surface area contributed by atoms with E-state index in [1.54, 1.807) is 6.33 Å². The minimum absolute atomic E-state index is 0.0827. The molecule has 128 valence electrons. The lowest BCUT2D eigenvalue weighted by Crippen LogP contribution is -2.20. The average molecular weight is 318 g/mol. The molecular formula is C19H30N2O2. The van der Waals surface area contributed by atoms with Crippen LogP contribution in [-0.4, -0.2) is 33.4 Å². The number of hydrogen-bond donors (Lipinski definition) is 2. The van der Waals surface area contributed by atoms with Crippen LogP contribution in [0.2, 0.25) is 0 Å². The molecule has 1 aromatic carbocycles. The van der Waals surface area contributed by atoms with Gasteiger partial charge in [-0.15, -0.1) is 0 Å². The number of aliphatic hydroxyl groups excluding tert-OH is 2. The van der Waals surface area contributed by atoms with Crippen molar-refractivity contribution in [2.24, 2.45) is 5.92 Å².